The molecule has 1 aliphatic rings. The third kappa shape index (κ3) is 3.33. The zero-order chi connectivity index (χ0) is 12.0. The van der Waals surface area contributed by atoms with E-state index >= 15 is 0 Å². The lowest BCUT2D eigenvalue weighted by molar-refractivity contribution is -0.0615. The van der Waals surface area contributed by atoms with E-state index in [1.807, 2.05) is 0 Å². The second kappa shape index (κ2) is 6.41. The molecular weight excluding hydrogens is 198 g/mol. The second-order valence-corrected chi connectivity index (χ2v) is 5.04. The predicted molar refractivity (Wildman–Crippen MR) is 69.7 cm³/mol. The fraction of sp³-hybridized carbons (Fsp3) is 0.857. The monoisotopic (exact) mass is 225 g/mol. The number of allylic oxidation sites excluding steroid dienone is 1. The second-order valence-electron chi connectivity index (χ2n) is 5.04. The van der Waals surface area contributed by atoms with Crippen molar-refractivity contribution in [3.8, 4) is 0 Å². The third-order valence-electron chi connectivity index (χ3n) is 3.73. The van der Waals surface area contributed by atoms with Crippen molar-refractivity contribution in [3.05, 3.63) is 12.2 Å². The van der Waals surface area contributed by atoms with E-state index in [1.54, 1.807) is 0 Å². The molecule has 1 N–H and O–H groups in total. The maximum Gasteiger partial charge on any atom is 0.0834 e. The maximum atomic E-state index is 6.08. The molecule has 0 aromatic carbocycles. The van der Waals surface area contributed by atoms with Gasteiger partial charge in [0.15, 0.2) is 0 Å². The molecule has 0 saturated heterocycles. The summed E-state index contributed by atoms with van der Waals surface area (Å²) >= 11 is 0. The summed E-state index contributed by atoms with van der Waals surface area (Å²) in [5, 5.41) is 3.46. The molecule has 1 saturated carbocycles. The molecule has 1 unspecified atom stereocenters. The summed E-state index contributed by atoms with van der Waals surface area (Å²) in [4.78, 5) is 0. The molecule has 2 heteroatoms. The number of hydrogen-bond acceptors (Lipinski definition) is 2. The maximum absolute atomic E-state index is 6.08. The van der Waals surface area contributed by atoms with E-state index in [-0.39, 0.29) is 5.60 Å². The van der Waals surface area contributed by atoms with Gasteiger partial charge in [0.2, 0.25) is 0 Å². The largest absolute Gasteiger partial charge is 0.374 e. The van der Waals surface area contributed by atoms with E-state index in [0.29, 0.717) is 6.04 Å². The van der Waals surface area contributed by atoms with Crippen LogP contribution in [0.4, 0.5) is 0 Å². The molecule has 0 radical (unpaired) electrons. The van der Waals surface area contributed by atoms with E-state index in [0.717, 1.165) is 19.4 Å². The van der Waals surface area contributed by atoms with Crippen molar-refractivity contribution in [2.24, 2.45) is 0 Å². The minimum atomic E-state index is 0.0962. The number of rotatable bonds is 7. The summed E-state index contributed by atoms with van der Waals surface area (Å²) in [6.07, 6.45) is 7.29. The van der Waals surface area contributed by atoms with Crippen LogP contribution in [-0.4, -0.2) is 25.3 Å². The summed E-state index contributed by atoms with van der Waals surface area (Å²) in [7, 11) is 2.06. The van der Waals surface area contributed by atoms with Gasteiger partial charge in [0.1, 0.15) is 0 Å². The van der Waals surface area contributed by atoms with Crippen molar-refractivity contribution in [2.45, 2.75) is 64.0 Å². The predicted octanol–water partition coefficient (Wildman–Crippen LogP) is 3.28. The van der Waals surface area contributed by atoms with E-state index in [1.165, 1.54) is 31.3 Å². The number of likely N-dealkylation sites (N-methyl/N-ethyl adjacent to an activating group) is 1. The Morgan fingerprint density at radius 3 is 2.50 bits per heavy atom. The first-order valence-corrected chi connectivity index (χ1v) is 6.60. The molecule has 0 bridgehead atoms. The molecule has 0 heterocycles. The highest BCUT2D eigenvalue weighted by molar-refractivity contribution is 4.99. The zero-order valence-corrected chi connectivity index (χ0v) is 11.1. The summed E-state index contributed by atoms with van der Waals surface area (Å²) in [6.45, 7) is 9.02. The van der Waals surface area contributed by atoms with Crippen LogP contribution in [0.15, 0.2) is 12.2 Å². The highest BCUT2D eigenvalue weighted by Gasteiger charge is 2.40. The van der Waals surface area contributed by atoms with Crippen LogP contribution < -0.4 is 5.32 Å². The van der Waals surface area contributed by atoms with Gasteiger partial charge in [-0.05, 0) is 46.6 Å². The molecular formula is C14H27NO. The third-order valence-corrected chi connectivity index (χ3v) is 3.73. The Labute approximate surface area is 100 Å². The molecule has 0 aromatic heterocycles. The Kier molecular flexibility index (Phi) is 5.50. The van der Waals surface area contributed by atoms with Crippen molar-refractivity contribution in [3.63, 3.8) is 0 Å². The first kappa shape index (κ1) is 13.7. The molecule has 1 aliphatic carbocycles. The van der Waals surface area contributed by atoms with E-state index < -0.39 is 0 Å². The van der Waals surface area contributed by atoms with Crippen LogP contribution in [0.25, 0.3) is 0 Å². The molecule has 0 aromatic rings. The Morgan fingerprint density at radius 2 is 2.06 bits per heavy atom. The molecule has 0 amide bonds. The summed E-state index contributed by atoms with van der Waals surface area (Å²) in [5.41, 5.74) is 1.36. The van der Waals surface area contributed by atoms with Gasteiger partial charge in [-0.1, -0.05) is 18.4 Å². The van der Waals surface area contributed by atoms with Gasteiger partial charge in [-0.2, -0.15) is 0 Å². The van der Waals surface area contributed by atoms with Gasteiger partial charge in [0.05, 0.1) is 5.60 Å². The number of hydrogen-bond donors (Lipinski definition) is 1. The van der Waals surface area contributed by atoms with Crippen molar-refractivity contribution in [2.75, 3.05) is 13.7 Å². The molecule has 1 atom stereocenters. The quantitative estimate of drug-likeness (QED) is 0.671. The van der Waals surface area contributed by atoms with Crippen LogP contribution in [0.5, 0.6) is 0 Å². The van der Waals surface area contributed by atoms with Crippen molar-refractivity contribution in [1.29, 1.82) is 0 Å². The smallest absolute Gasteiger partial charge is 0.0834 e. The topological polar surface area (TPSA) is 21.3 Å². The highest BCUT2D eigenvalue weighted by Crippen LogP contribution is 2.37. The first-order valence-electron chi connectivity index (χ1n) is 6.60. The van der Waals surface area contributed by atoms with Gasteiger partial charge in [0.25, 0.3) is 0 Å². The van der Waals surface area contributed by atoms with Crippen LogP contribution in [0.3, 0.4) is 0 Å². The summed E-state index contributed by atoms with van der Waals surface area (Å²) < 4.78 is 6.08. The SMILES string of the molecule is C=C(C)CCC(NC)C1(OCC)CCCC1. The Balaban J connectivity index is 2.61. The molecule has 94 valence electrons. The Hall–Kier alpha value is -0.340. The Bertz CT molecular complexity index is 219. The average Bonchev–Trinajstić information content (AvgIpc) is 2.68. The average molecular weight is 225 g/mol. The standard InChI is InChI=1S/C14H27NO/c1-5-16-14(10-6-7-11-14)13(15-4)9-8-12(2)3/h13,15H,2,5-11H2,1,3-4H3. The van der Waals surface area contributed by atoms with Crippen LogP contribution in [0.2, 0.25) is 0 Å². The zero-order valence-electron chi connectivity index (χ0n) is 11.1. The lowest BCUT2D eigenvalue weighted by Crippen LogP contribution is -2.49. The van der Waals surface area contributed by atoms with Crippen LogP contribution >= 0.6 is 0 Å². The van der Waals surface area contributed by atoms with E-state index in [4.69, 9.17) is 4.74 Å². The van der Waals surface area contributed by atoms with Gasteiger partial charge in [-0.3, -0.25) is 0 Å². The van der Waals surface area contributed by atoms with Crippen molar-refractivity contribution in [1.82, 2.24) is 5.32 Å². The molecule has 0 aliphatic heterocycles. The fourth-order valence-electron chi connectivity index (χ4n) is 2.92. The molecule has 0 spiro atoms. The molecule has 1 rings (SSSR count). The van der Waals surface area contributed by atoms with Gasteiger partial charge >= 0.3 is 0 Å². The van der Waals surface area contributed by atoms with Gasteiger partial charge in [0, 0.05) is 12.6 Å². The Morgan fingerprint density at radius 1 is 1.44 bits per heavy atom. The lowest BCUT2D eigenvalue weighted by Gasteiger charge is -2.37. The summed E-state index contributed by atoms with van der Waals surface area (Å²) in [6, 6.07) is 0.478. The fourth-order valence-corrected chi connectivity index (χ4v) is 2.92. The van der Waals surface area contributed by atoms with Gasteiger partial charge in [-0.25, -0.2) is 0 Å². The van der Waals surface area contributed by atoms with Crippen LogP contribution in [-0.2, 0) is 4.74 Å². The summed E-state index contributed by atoms with van der Waals surface area (Å²) in [5.74, 6) is 0. The highest BCUT2D eigenvalue weighted by atomic mass is 16.5. The van der Waals surface area contributed by atoms with Gasteiger partial charge < -0.3 is 10.1 Å². The minimum Gasteiger partial charge on any atom is -0.374 e. The lowest BCUT2D eigenvalue weighted by atomic mass is 9.88. The first-order chi connectivity index (χ1) is 7.64. The molecule has 2 nitrogen and oxygen atoms in total. The van der Waals surface area contributed by atoms with Crippen molar-refractivity contribution >= 4 is 0 Å². The number of nitrogens with one attached hydrogen (secondary N) is 1. The van der Waals surface area contributed by atoms with E-state index in [9.17, 15) is 0 Å². The minimum absolute atomic E-state index is 0.0962. The number of ether oxygens (including phenoxy) is 1. The molecule has 16 heavy (non-hydrogen) atoms. The molecule has 1 fully saturated rings. The van der Waals surface area contributed by atoms with Crippen molar-refractivity contribution < 1.29 is 4.74 Å². The van der Waals surface area contributed by atoms with Crippen LogP contribution in [0, 0.1) is 0 Å². The normalized spacial score (nSPS) is 20.9. The van der Waals surface area contributed by atoms with Crippen LogP contribution in [0.1, 0.15) is 52.4 Å². The van der Waals surface area contributed by atoms with E-state index in [2.05, 4.69) is 32.8 Å². The van der Waals surface area contributed by atoms with Gasteiger partial charge in [-0.15, -0.1) is 6.58 Å².